The first-order chi connectivity index (χ1) is 25.2. The van der Waals surface area contributed by atoms with Gasteiger partial charge in [-0.05, 0) is 113 Å². The number of benzene rings is 6. The molecule has 2 aromatic heterocycles. The molecule has 4 bridgehead atoms. The summed E-state index contributed by atoms with van der Waals surface area (Å²) < 4.78 is 2.35. The normalized spacial score (nSPS) is 24.2. The highest BCUT2D eigenvalue weighted by Gasteiger charge is 2.61. The Labute approximate surface area is 296 Å². The first-order valence-electron chi connectivity index (χ1n) is 18.7. The minimum Gasteiger partial charge on any atom is -0.278 e. The molecule has 4 heteroatoms. The molecule has 0 amide bonds. The largest absolute Gasteiger partial charge is 0.278 e. The molecule has 0 unspecified atom stereocenters. The highest BCUT2D eigenvalue weighted by molar-refractivity contribution is 6.15. The van der Waals surface area contributed by atoms with E-state index < -0.39 is 0 Å². The molecule has 0 radical (unpaired) electrons. The second-order valence-electron chi connectivity index (χ2n) is 15.7. The Morgan fingerprint density at radius 1 is 0.471 bits per heavy atom. The number of hydrogen-bond acceptors (Lipinski definition) is 3. The van der Waals surface area contributed by atoms with Gasteiger partial charge in [-0.1, -0.05) is 109 Å². The number of fused-ring (bicyclic) bond motifs is 7. The first kappa shape index (κ1) is 28.1. The molecule has 0 saturated heterocycles. The number of hydrogen-bond donors (Lipinski definition) is 0. The molecule has 5 aliphatic rings. The molecule has 8 aromatic rings. The third-order valence-corrected chi connectivity index (χ3v) is 13.2. The van der Waals surface area contributed by atoms with Crippen LogP contribution in [0.5, 0.6) is 0 Å². The summed E-state index contributed by atoms with van der Waals surface area (Å²) >= 11 is 0. The number of aromatic nitrogens is 4. The predicted molar refractivity (Wildman–Crippen MR) is 206 cm³/mol. The second kappa shape index (κ2) is 10.2. The van der Waals surface area contributed by atoms with E-state index in [2.05, 4.69) is 126 Å². The molecule has 2 heterocycles. The Balaban J connectivity index is 1.20. The van der Waals surface area contributed by atoms with Gasteiger partial charge in [0.25, 0.3) is 0 Å². The zero-order chi connectivity index (χ0) is 33.3. The van der Waals surface area contributed by atoms with Gasteiger partial charge in [0.2, 0.25) is 5.95 Å². The maximum Gasteiger partial charge on any atom is 0.238 e. The fraction of sp³-hybridized carbons (Fsp3) is 0.213. The highest BCUT2D eigenvalue weighted by atomic mass is 15.2. The third-order valence-electron chi connectivity index (χ3n) is 13.2. The van der Waals surface area contributed by atoms with Crippen molar-refractivity contribution in [1.29, 1.82) is 0 Å². The molecule has 4 fully saturated rings. The van der Waals surface area contributed by atoms with Crippen LogP contribution >= 0.6 is 0 Å². The van der Waals surface area contributed by atoms with Crippen LogP contribution < -0.4 is 0 Å². The van der Waals surface area contributed by atoms with Crippen molar-refractivity contribution in [2.24, 2.45) is 23.7 Å². The molecule has 0 N–H and O–H groups in total. The average molecular weight is 657 g/mol. The number of nitrogens with zero attached hydrogens (tertiary/aromatic N) is 4. The van der Waals surface area contributed by atoms with E-state index in [4.69, 9.17) is 15.0 Å². The summed E-state index contributed by atoms with van der Waals surface area (Å²) in [5.74, 6) is 5.21. The van der Waals surface area contributed by atoms with E-state index in [1.165, 1.54) is 70.3 Å². The van der Waals surface area contributed by atoms with Crippen LogP contribution in [-0.4, -0.2) is 19.5 Å². The molecule has 4 saturated carbocycles. The molecule has 4 nitrogen and oxygen atoms in total. The zero-order valence-electron chi connectivity index (χ0n) is 28.3. The van der Waals surface area contributed by atoms with Crippen LogP contribution in [0.4, 0.5) is 0 Å². The molecule has 5 aliphatic carbocycles. The van der Waals surface area contributed by atoms with Crippen molar-refractivity contribution >= 4 is 32.6 Å². The van der Waals surface area contributed by atoms with Crippen molar-refractivity contribution in [2.45, 2.75) is 37.5 Å². The van der Waals surface area contributed by atoms with Crippen LogP contribution in [0, 0.1) is 23.7 Å². The van der Waals surface area contributed by atoms with E-state index in [9.17, 15) is 0 Å². The van der Waals surface area contributed by atoms with Crippen LogP contribution in [0.3, 0.4) is 0 Å². The lowest BCUT2D eigenvalue weighted by Gasteiger charge is -2.61. The summed E-state index contributed by atoms with van der Waals surface area (Å²) in [6.45, 7) is 0. The Hall–Kier alpha value is -5.61. The minimum absolute atomic E-state index is 0.0725. The van der Waals surface area contributed by atoms with Crippen molar-refractivity contribution in [3.63, 3.8) is 0 Å². The van der Waals surface area contributed by atoms with Gasteiger partial charge in [0.05, 0.1) is 11.0 Å². The van der Waals surface area contributed by atoms with Crippen molar-refractivity contribution < 1.29 is 0 Å². The molecular formula is C47H36N4. The van der Waals surface area contributed by atoms with E-state index in [-0.39, 0.29) is 5.41 Å². The predicted octanol–water partition coefficient (Wildman–Crippen LogP) is 11.2. The maximum absolute atomic E-state index is 5.30. The summed E-state index contributed by atoms with van der Waals surface area (Å²) in [5.41, 5.74) is 10.4. The van der Waals surface area contributed by atoms with Crippen LogP contribution in [0.25, 0.3) is 72.4 Å². The van der Waals surface area contributed by atoms with E-state index in [1.54, 1.807) is 11.1 Å². The molecule has 0 aliphatic heterocycles. The number of rotatable bonds is 3. The summed E-state index contributed by atoms with van der Waals surface area (Å²) in [7, 11) is 0. The van der Waals surface area contributed by atoms with Gasteiger partial charge in [0.15, 0.2) is 11.6 Å². The molecule has 244 valence electrons. The van der Waals surface area contributed by atoms with Crippen LogP contribution in [0.2, 0.25) is 0 Å². The average Bonchev–Trinajstić information content (AvgIpc) is 3.64. The van der Waals surface area contributed by atoms with Crippen molar-refractivity contribution in [2.75, 3.05) is 0 Å². The summed E-state index contributed by atoms with van der Waals surface area (Å²) in [4.78, 5) is 15.7. The molecule has 13 rings (SSSR count). The maximum atomic E-state index is 5.30. The summed E-state index contributed by atoms with van der Waals surface area (Å²) in [6.07, 6.45) is 6.90. The lowest BCUT2D eigenvalue weighted by atomic mass is 9.43. The fourth-order valence-corrected chi connectivity index (χ4v) is 11.5. The molecule has 1 spiro atoms. The highest BCUT2D eigenvalue weighted by Crippen LogP contribution is 2.69. The van der Waals surface area contributed by atoms with Gasteiger partial charge in [-0.25, -0.2) is 4.98 Å². The van der Waals surface area contributed by atoms with Gasteiger partial charge in [-0.3, -0.25) is 4.57 Å². The van der Waals surface area contributed by atoms with E-state index in [1.807, 2.05) is 12.1 Å². The standard InChI is InChI=1S/C47H36N4/c1-3-11-30(12-4-1)44-48-45(31-13-5-2-6-14-31)50-46(49-44)51-42-25-33-16-8-7-15-32(33)24-38(42)39-26-37-36-17-9-10-18-40(36)47(41(37)27-43(39)51)34-20-28-19-29(22-34)23-35(47)21-28/h1-18,24-29,34-35H,19-23H2. The third kappa shape index (κ3) is 3.83. The Bertz CT molecular complexity index is 2620. The first-order valence-corrected chi connectivity index (χ1v) is 18.7. The summed E-state index contributed by atoms with van der Waals surface area (Å²) in [5, 5.41) is 4.95. The topological polar surface area (TPSA) is 43.6 Å². The van der Waals surface area contributed by atoms with Gasteiger partial charge in [-0.15, -0.1) is 0 Å². The van der Waals surface area contributed by atoms with E-state index >= 15 is 0 Å². The smallest absolute Gasteiger partial charge is 0.238 e. The second-order valence-corrected chi connectivity index (χ2v) is 15.7. The SMILES string of the molecule is c1ccc(-c2nc(-c3ccccc3)nc(-n3c4cc5c(cc4c4cc6ccccc6cc43)-c3ccccc3C53C4CC5CC(C4)CC3C5)n2)cc1. The van der Waals surface area contributed by atoms with Gasteiger partial charge in [0.1, 0.15) is 0 Å². The van der Waals surface area contributed by atoms with E-state index in [0.29, 0.717) is 29.4 Å². The lowest BCUT2D eigenvalue weighted by molar-refractivity contribution is -0.0399. The van der Waals surface area contributed by atoms with Crippen molar-refractivity contribution in [1.82, 2.24) is 19.5 Å². The lowest BCUT2D eigenvalue weighted by Crippen LogP contribution is -2.55. The van der Waals surface area contributed by atoms with E-state index in [0.717, 1.165) is 28.5 Å². The Kier molecular flexibility index (Phi) is 5.64. The van der Waals surface area contributed by atoms with Crippen LogP contribution in [0.15, 0.2) is 133 Å². The monoisotopic (exact) mass is 656 g/mol. The van der Waals surface area contributed by atoms with Gasteiger partial charge < -0.3 is 0 Å². The van der Waals surface area contributed by atoms with Gasteiger partial charge >= 0.3 is 0 Å². The Morgan fingerprint density at radius 2 is 1.02 bits per heavy atom. The Morgan fingerprint density at radius 3 is 1.69 bits per heavy atom. The quantitative estimate of drug-likeness (QED) is 0.190. The van der Waals surface area contributed by atoms with Crippen LogP contribution in [0.1, 0.15) is 43.2 Å². The molecule has 6 aromatic carbocycles. The molecule has 0 atom stereocenters. The fourth-order valence-electron chi connectivity index (χ4n) is 11.5. The van der Waals surface area contributed by atoms with Gasteiger partial charge in [0, 0.05) is 27.3 Å². The zero-order valence-corrected chi connectivity index (χ0v) is 28.3. The van der Waals surface area contributed by atoms with Crippen LogP contribution in [-0.2, 0) is 5.41 Å². The molecular weight excluding hydrogens is 621 g/mol. The summed E-state index contributed by atoms with van der Waals surface area (Å²) in [6, 6.07) is 48.7. The van der Waals surface area contributed by atoms with Crippen molar-refractivity contribution in [3.05, 3.63) is 145 Å². The molecule has 51 heavy (non-hydrogen) atoms. The van der Waals surface area contributed by atoms with Gasteiger partial charge in [-0.2, -0.15) is 9.97 Å². The van der Waals surface area contributed by atoms with Crippen molar-refractivity contribution in [3.8, 4) is 39.9 Å². The minimum atomic E-state index is 0.0725.